The van der Waals surface area contributed by atoms with Crippen LogP contribution in [-0.2, 0) is 32.6 Å². The van der Waals surface area contributed by atoms with E-state index < -0.39 is 34.1 Å². The molecule has 4 rings (SSSR count). The van der Waals surface area contributed by atoms with Gasteiger partial charge in [-0.15, -0.1) is 0 Å². The molecule has 0 aliphatic carbocycles. The molecule has 0 radical (unpaired) electrons. The van der Waals surface area contributed by atoms with Crippen molar-refractivity contribution >= 4 is 50.7 Å². The van der Waals surface area contributed by atoms with Crippen molar-refractivity contribution in [1.82, 2.24) is 10.2 Å². The first-order chi connectivity index (χ1) is 20.8. The van der Waals surface area contributed by atoms with E-state index in [4.69, 9.17) is 23.2 Å². The highest BCUT2D eigenvalue weighted by molar-refractivity contribution is 7.92. The molecule has 0 fully saturated rings. The molecule has 1 atom stereocenters. The van der Waals surface area contributed by atoms with Gasteiger partial charge in [0.1, 0.15) is 12.6 Å². The Kier molecular flexibility index (Phi) is 10.7. The summed E-state index contributed by atoms with van der Waals surface area (Å²) in [5.41, 5.74) is 1.32. The molecule has 0 bridgehead atoms. The molecule has 0 spiro atoms. The number of anilines is 1. The summed E-state index contributed by atoms with van der Waals surface area (Å²) < 4.78 is 29.1. The minimum Gasteiger partial charge on any atom is -0.350 e. The molecule has 1 unspecified atom stereocenters. The zero-order valence-electron chi connectivity index (χ0n) is 24.8. The van der Waals surface area contributed by atoms with Gasteiger partial charge in [-0.1, -0.05) is 83.9 Å². The standard InChI is InChI=1S/C34H35Cl2N3O4S/c1-34(2,3)37-33(41)31(22-25-10-6-4-7-11-25)38(23-26-14-16-27(35)17-15-26)32(40)24-39(29-12-8-5-9-13-29)44(42,43)30-20-18-28(36)19-21-30/h4-21,31H,22-24H2,1-3H3,(H,37,41). The maximum Gasteiger partial charge on any atom is 0.264 e. The average Bonchev–Trinajstić information content (AvgIpc) is 2.98. The molecular weight excluding hydrogens is 617 g/mol. The lowest BCUT2D eigenvalue weighted by Crippen LogP contribution is -2.56. The van der Waals surface area contributed by atoms with E-state index in [1.165, 1.54) is 29.2 Å². The van der Waals surface area contributed by atoms with Gasteiger partial charge in [-0.2, -0.15) is 0 Å². The van der Waals surface area contributed by atoms with E-state index >= 15 is 0 Å². The normalized spacial score (nSPS) is 12.3. The van der Waals surface area contributed by atoms with Gasteiger partial charge in [0, 0.05) is 28.5 Å². The minimum atomic E-state index is -4.20. The third kappa shape index (κ3) is 8.85. The fourth-order valence-electron chi connectivity index (χ4n) is 4.65. The smallest absolute Gasteiger partial charge is 0.264 e. The monoisotopic (exact) mass is 651 g/mol. The van der Waals surface area contributed by atoms with Crippen LogP contribution < -0.4 is 9.62 Å². The Morgan fingerprint density at radius 3 is 1.82 bits per heavy atom. The number of nitrogens with one attached hydrogen (secondary N) is 1. The summed E-state index contributed by atoms with van der Waals surface area (Å²) in [4.78, 5) is 29.7. The average molecular weight is 653 g/mol. The number of amides is 2. The quantitative estimate of drug-likeness (QED) is 0.194. The molecule has 10 heteroatoms. The van der Waals surface area contributed by atoms with E-state index in [-0.39, 0.29) is 23.8 Å². The molecule has 0 aliphatic rings. The highest BCUT2D eigenvalue weighted by Crippen LogP contribution is 2.26. The molecule has 44 heavy (non-hydrogen) atoms. The van der Waals surface area contributed by atoms with Crippen LogP contribution in [0, 0.1) is 0 Å². The first-order valence-corrected chi connectivity index (χ1v) is 16.3. The van der Waals surface area contributed by atoms with Gasteiger partial charge in [0.05, 0.1) is 10.6 Å². The summed E-state index contributed by atoms with van der Waals surface area (Å²) in [6, 6.07) is 29.6. The van der Waals surface area contributed by atoms with Gasteiger partial charge in [0.2, 0.25) is 11.8 Å². The van der Waals surface area contributed by atoms with Crippen molar-refractivity contribution in [3.63, 3.8) is 0 Å². The molecule has 4 aromatic carbocycles. The van der Waals surface area contributed by atoms with Crippen LogP contribution in [0.5, 0.6) is 0 Å². The molecule has 0 heterocycles. The lowest BCUT2D eigenvalue weighted by Gasteiger charge is -2.35. The summed E-state index contributed by atoms with van der Waals surface area (Å²) in [5, 5.41) is 3.93. The molecule has 1 N–H and O–H groups in total. The number of carbonyl (C=O) groups excluding carboxylic acids is 2. The summed E-state index contributed by atoms with van der Waals surface area (Å²) in [6.07, 6.45) is 0.220. The van der Waals surface area contributed by atoms with Crippen molar-refractivity contribution in [2.75, 3.05) is 10.8 Å². The number of sulfonamides is 1. The number of benzene rings is 4. The zero-order chi connectivity index (χ0) is 31.9. The van der Waals surface area contributed by atoms with Crippen molar-refractivity contribution in [1.29, 1.82) is 0 Å². The fourth-order valence-corrected chi connectivity index (χ4v) is 6.32. The largest absolute Gasteiger partial charge is 0.350 e. The van der Waals surface area contributed by atoms with Gasteiger partial charge in [-0.05, 0) is 80.4 Å². The molecule has 4 aromatic rings. The predicted octanol–water partition coefficient (Wildman–Crippen LogP) is 6.74. The number of nitrogens with zero attached hydrogens (tertiary/aromatic N) is 2. The summed E-state index contributed by atoms with van der Waals surface area (Å²) >= 11 is 12.2. The molecule has 230 valence electrons. The van der Waals surface area contributed by atoms with Gasteiger partial charge >= 0.3 is 0 Å². The molecule has 0 aliphatic heterocycles. The summed E-state index contributed by atoms with van der Waals surface area (Å²) in [7, 11) is -4.20. The number of para-hydroxylation sites is 1. The van der Waals surface area contributed by atoms with E-state index in [9.17, 15) is 18.0 Å². The second kappa shape index (κ2) is 14.3. The number of rotatable bonds is 11. The van der Waals surface area contributed by atoms with E-state index in [1.54, 1.807) is 54.6 Å². The lowest BCUT2D eigenvalue weighted by atomic mass is 10.0. The van der Waals surface area contributed by atoms with Crippen molar-refractivity contribution in [3.05, 3.63) is 130 Å². The first-order valence-electron chi connectivity index (χ1n) is 14.1. The van der Waals surface area contributed by atoms with E-state index in [1.807, 2.05) is 51.1 Å². The van der Waals surface area contributed by atoms with Crippen molar-refractivity contribution in [2.45, 2.75) is 50.2 Å². The third-order valence-corrected chi connectivity index (χ3v) is 9.05. The fraction of sp³-hybridized carbons (Fsp3) is 0.235. The van der Waals surface area contributed by atoms with Gasteiger partial charge in [-0.25, -0.2) is 8.42 Å². The van der Waals surface area contributed by atoms with E-state index in [0.717, 1.165) is 15.4 Å². The van der Waals surface area contributed by atoms with Crippen LogP contribution in [0.2, 0.25) is 10.0 Å². The lowest BCUT2D eigenvalue weighted by molar-refractivity contribution is -0.140. The van der Waals surface area contributed by atoms with Gasteiger partial charge < -0.3 is 10.2 Å². The van der Waals surface area contributed by atoms with Gasteiger partial charge in [0.25, 0.3) is 10.0 Å². The van der Waals surface area contributed by atoms with Crippen molar-refractivity contribution in [2.24, 2.45) is 0 Å². The molecular formula is C34H35Cl2N3O4S. The zero-order valence-corrected chi connectivity index (χ0v) is 27.1. The second-order valence-corrected chi connectivity index (χ2v) is 14.1. The highest BCUT2D eigenvalue weighted by Gasteiger charge is 2.35. The number of hydrogen-bond donors (Lipinski definition) is 1. The Bertz CT molecular complexity index is 1660. The van der Waals surface area contributed by atoms with Crippen LogP contribution in [-0.4, -0.2) is 43.3 Å². The topological polar surface area (TPSA) is 86.8 Å². The maximum absolute atomic E-state index is 14.4. The highest BCUT2D eigenvalue weighted by atomic mass is 35.5. The number of carbonyl (C=O) groups is 2. The molecule has 2 amide bonds. The van der Waals surface area contributed by atoms with Crippen LogP contribution in [0.25, 0.3) is 0 Å². The van der Waals surface area contributed by atoms with Crippen molar-refractivity contribution in [3.8, 4) is 0 Å². The maximum atomic E-state index is 14.4. The third-order valence-electron chi connectivity index (χ3n) is 6.76. The van der Waals surface area contributed by atoms with Crippen LogP contribution in [0.3, 0.4) is 0 Å². The van der Waals surface area contributed by atoms with Gasteiger partial charge in [0.15, 0.2) is 0 Å². The Hall–Kier alpha value is -3.85. The first kappa shape index (κ1) is 33.1. The second-order valence-electron chi connectivity index (χ2n) is 11.4. The SMILES string of the molecule is CC(C)(C)NC(=O)C(Cc1ccccc1)N(Cc1ccc(Cl)cc1)C(=O)CN(c1ccccc1)S(=O)(=O)c1ccc(Cl)cc1. The predicted molar refractivity (Wildman–Crippen MR) is 176 cm³/mol. The minimum absolute atomic E-state index is 0.0193. The Morgan fingerprint density at radius 2 is 1.27 bits per heavy atom. The van der Waals surface area contributed by atoms with Crippen LogP contribution in [0.4, 0.5) is 5.69 Å². The van der Waals surface area contributed by atoms with Gasteiger partial charge in [-0.3, -0.25) is 13.9 Å². The van der Waals surface area contributed by atoms with Crippen LogP contribution >= 0.6 is 23.2 Å². The Labute approximate surface area is 269 Å². The van der Waals surface area contributed by atoms with E-state index in [2.05, 4.69) is 5.32 Å². The van der Waals surface area contributed by atoms with Crippen molar-refractivity contribution < 1.29 is 18.0 Å². The van der Waals surface area contributed by atoms with Crippen LogP contribution in [0.1, 0.15) is 31.9 Å². The van der Waals surface area contributed by atoms with E-state index in [0.29, 0.717) is 15.7 Å². The molecule has 0 saturated carbocycles. The van der Waals surface area contributed by atoms with Crippen LogP contribution in [0.15, 0.2) is 114 Å². The number of halogens is 2. The Morgan fingerprint density at radius 1 is 0.750 bits per heavy atom. The summed E-state index contributed by atoms with van der Waals surface area (Å²) in [5.74, 6) is -0.901. The molecule has 7 nitrogen and oxygen atoms in total. The number of hydrogen-bond acceptors (Lipinski definition) is 4. The molecule has 0 saturated heterocycles. The summed E-state index contributed by atoms with van der Waals surface area (Å²) in [6.45, 7) is 5.11. The molecule has 0 aromatic heterocycles. The Balaban J connectivity index is 1.79.